The number of hydrogen-bond acceptors (Lipinski definition) is 4. The van der Waals surface area contributed by atoms with E-state index >= 15 is 0 Å². The lowest BCUT2D eigenvalue weighted by molar-refractivity contribution is -0.146. The quantitative estimate of drug-likeness (QED) is 0.867. The fourth-order valence-corrected chi connectivity index (χ4v) is 2.38. The third-order valence-electron chi connectivity index (χ3n) is 3.61. The summed E-state index contributed by atoms with van der Waals surface area (Å²) < 4.78 is 10.6. The van der Waals surface area contributed by atoms with Crippen LogP contribution in [0.25, 0.3) is 0 Å². The third-order valence-corrected chi connectivity index (χ3v) is 3.61. The molecule has 0 saturated carbocycles. The van der Waals surface area contributed by atoms with Gasteiger partial charge in [0, 0.05) is 26.8 Å². The highest BCUT2D eigenvalue weighted by atomic mass is 16.5. The van der Waals surface area contributed by atoms with Crippen molar-refractivity contribution in [1.29, 1.82) is 0 Å². The molecule has 0 unspecified atom stereocenters. The van der Waals surface area contributed by atoms with E-state index in [9.17, 15) is 4.79 Å². The first-order valence-corrected chi connectivity index (χ1v) is 6.24. The molecule has 1 fully saturated rings. The van der Waals surface area contributed by atoms with Gasteiger partial charge >= 0.3 is 0 Å². The fourth-order valence-electron chi connectivity index (χ4n) is 2.38. The molecule has 1 amide bonds. The molecule has 2 rings (SSSR count). The van der Waals surface area contributed by atoms with Crippen LogP contribution in [0.4, 0.5) is 0 Å². The van der Waals surface area contributed by atoms with Crippen LogP contribution in [0.3, 0.4) is 0 Å². The fraction of sp³-hybridized carbons (Fsp3) is 0.615. The molecule has 0 aliphatic carbocycles. The van der Waals surface area contributed by atoms with Gasteiger partial charge in [-0.05, 0) is 25.0 Å². The number of carbonyl (C=O) groups excluding carboxylic acids is 1. The molecule has 1 aromatic rings. The van der Waals surface area contributed by atoms with Gasteiger partial charge in [0.15, 0.2) is 0 Å². The van der Waals surface area contributed by atoms with E-state index in [1.54, 1.807) is 18.2 Å². The summed E-state index contributed by atoms with van der Waals surface area (Å²) in [7, 11) is 1.79. The molecule has 2 heterocycles. The summed E-state index contributed by atoms with van der Waals surface area (Å²) in [5.74, 6) is 0.870. The summed E-state index contributed by atoms with van der Waals surface area (Å²) in [6, 6.07) is 3.68. The Kier molecular flexibility index (Phi) is 4.04. The highest BCUT2D eigenvalue weighted by molar-refractivity contribution is 5.82. The van der Waals surface area contributed by atoms with Crippen molar-refractivity contribution in [3.63, 3.8) is 0 Å². The largest absolute Gasteiger partial charge is 0.467 e. The molecule has 2 N–H and O–H groups in total. The van der Waals surface area contributed by atoms with Crippen molar-refractivity contribution >= 4 is 5.91 Å². The first-order chi connectivity index (χ1) is 8.68. The van der Waals surface area contributed by atoms with E-state index < -0.39 is 5.41 Å². The van der Waals surface area contributed by atoms with Crippen LogP contribution >= 0.6 is 0 Å². The third kappa shape index (κ3) is 2.57. The Morgan fingerprint density at radius 3 is 2.78 bits per heavy atom. The van der Waals surface area contributed by atoms with Gasteiger partial charge in [-0.1, -0.05) is 0 Å². The van der Waals surface area contributed by atoms with Crippen LogP contribution in [-0.2, 0) is 16.1 Å². The molecule has 18 heavy (non-hydrogen) atoms. The Hall–Kier alpha value is -1.33. The van der Waals surface area contributed by atoms with Crippen LogP contribution in [0.2, 0.25) is 0 Å². The molecule has 0 bridgehead atoms. The Labute approximate surface area is 107 Å². The molecule has 1 aliphatic rings. The second kappa shape index (κ2) is 5.54. The molecule has 1 aromatic heterocycles. The van der Waals surface area contributed by atoms with Crippen LogP contribution in [0.5, 0.6) is 0 Å². The van der Waals surface area contributed by atoms with E-state index in [0.29, 0.717) is 39.1 Å². The molecule has 0 aromatic carbocycles. The second-order valence-electron chi connectivity index (χ2n) is 4.84. The van der Waals surface area contributed by atoms with E-state index in [-0.39, 0.29) is 5.91 Å². The smallest absolute Gasteiger partial charge is 0.230 e. The van der Waals surface area contributed by atoms with Crippen LogP contribution in [0.15, 0.2) is 22.8 Å². The minimum atomic E-state index is -0.459. The van der Waals surface area contributed by atoms with E-state index in [2.05, 4.69) is 0 Å². The summed E-state index contributed by atoms with van der Waals surface area (Å²) in [6.07, 6.45) is 3.01. The number of nitrogens with zero attached hydrogens (tertiary/aromatic N) is 1. The number of carbonyl (C=O) groups is 1. The summed E-state index contributed by atoms with van der Waals surface area (Å²) in [4.78, 5) is 14.2. The Bertz CT molecular complexity index is 383. The monoisotopic (exact) mass is 252 g/mol. The number of ether oxygens (including phenoxy) is 1. The minimum absolute atomic E-state index is 0.0877. The Balaban J connectivity index is 2.04. The molecule has 5 nitrogen and oxygen atoms in total. The zero-order valence-electron chi connectivity index (χ0n) is 10.7. The van der Waals surface area contributed by atoms with Gasteiger partial charge in [-0.25, -0.2) is 0 Å². The normalized spacial score (nSPS) is 18.6. The zero-order valence-corrected chi connectivity index (χ0v) is 10.7. The van der Waals surface area contributed by atoms with Crippen molar-refractivity contribution in [1.82, 2.24) is 4.90 Å². The van der Waals surface area contributed by atoms with Crippen LogP contribution < -0.4 is 5.73 Å². The maximum Gasteiger partial charge on any atom is 0.230 e. The van der Waals surface area contributed by atoms with Crippen LogP contribution in [-0.4, -0.2) is 37.6 Å². The van der Waals surface area contributed by atoms with Gasteiger partial charge in [-0.15, -0.1) is 0 Å². The SMILES string of the molecule is CN(Cc1ccco1)C(=O)C1(CN)CCOCC1. The molecule has 0 radical (unpaired) electrons. The summed E-state index contributed by atoms with van der Waals surface area (Å²) >= 11 is 0. The lowest BCUT2D eigenvalue weighted by Crippen LogP contribution is -2.49. The zero-order chi connectivity index (χ0) is 13.0. The lowest BCUT2D eigenvalue weighted by Gasteiger charge is -2.37. The van der Waals surface area contributed by atoms with Gasteiger partial charge in [0.05, 0.1) is 18.2 Å². The maximum absolute atomic E-state index is 12.5. The first kappa shape index (κ1) is 13.1. The minimum Gasteiger partial charge on any atom is -0.467 e. The standard InChI is InChI=1S/C13H20N2O3/c1-15(9-11-3-2-6-18-11)12(16)13(10-14)4-7-17-8-5-13/h2-3,6H,4-5,7-10,14H2,1H3. The molecule has 1 saturated heterocycles. The Morgan fingerprint density at radius 2 is 2.22 bits per heavy atom. The molecule has 5 heteroatoms. The van der Waals surface area contributed by atoms with E-state index in [1.807, 2.05) is 12.1 Å². The van der Waals surface area contributed by atoms with Crippen molar-refractivity contribution in [2.45, 2.75) is 19.4 Å². The van der Waals surface area contributed by atoms with E-state index in [4.69, 9.17) is 14.9 Å². The van der Waals surface area contributed by atoms with Gasteiger partial charge in [0.2, 0.25) is 5.91 Å². The van der Waals surface area contributed by atoms with Crippen LogP contribution in [0, 0.1) is 5.41 Å². The summed E-state index contributed by atoms with van der Waals surface area (Å²) in [5, 5.41) is 0. The van der Waals surface area contributed by atoms with E-state index in [1.165, 1.54) is 0 Å². The number of amides is 1. The molecular weight excluding hydrogens is 232 g/mol. The number of nitrogens with two attached hydrogens (primary N) is 1. The Morgan fingerprint density at radius 1 is 1.50 bits per heavy atom. The van der Waals surface area contributed by atoms with Crippen molar-refractivity contribution in [3.05, 3.63) is 24.2 Å². The molecule has 0 spiro atoms. The van der Waals surface area contributed by atoms with Gasteiger partial charge < -0.3 is 19.8 Å². The predicted molar refractivity (Wildman–Crippen MR) is 66.7 cm³/mol. The van der Waals surface area contributed by atoms with Gasteiger partial charge in [-0.3, -0.25) is 4.79 Å². The second-order valence-corrected chi connectivity index (χ2v) is 4.84. The summed E-state index contributed by atoms with van der Waals surface area (Å²) in [5.41, 5.74) is 5.37. The number of hydrogen-bond donors (Lipinski definition) is 1. The highest BCUT2D eigenvalue weighted by Crippen LogP contribution is 2.31. The first-order valence-electron chi connectivity index (χ1n) is 6.24. The highest BCUT2D eigenvalue weighted by Gasteiger charge is 2.40. The number of furan rings is 1. The molecular formula is C13H20N2O3. The van der Waals surface area contributed by atoms with Crippen molar-refractivity contribution < 1.29 is 13.9 Å². The average molecular weight is 252 g/mol. The van der Waals surface area contributed by atoms with Gasteiger partial charge in [0.1, 0.15) is 5.76 Å². The van der Waals surface area contributed by atoms with Crippen molar-refractivity contribution in [3.8, 4) is 0 Å². The van der Waals surface area contributed by atoms with E-state index in [0.717, 1.165) is 5.76 Å². The number of rotatable bonds is 4. The molecule has 100 valence electrons. The topological polar surface area (TPSA) is 68.7 Å². The lowest BCUT2D eigenvalue weighted by atomic mass is 9.79. The summed E-state index contributed by atoms with van der Waals surface area (Å²) in [6.45, 7) is 2.07. The molecule has 0 atom stereocenters. The maximum atomic E-state index is 12.5. The van der Waals surface area contributed by atoms with Gasteiger partial charge in [-0.2, -0.15) is 0 Å². The van der Waals surface area contributed by atoms with Crippen LogP contribution in [0.1, 0.15) is 18.6 Å². The predicted octanol–water partition coefficient (Wildman–Crippen LogP) is 0.993. The van der Waals surface area contributed by atoms with Crippen molar-refractivity contribution in [2.75, 3.05) is 26.8 Å². The van der Waals surface area contributed by atoms with Crippen molar-refractivity contribution in [2.24, 2.45) is 11.1 Å². The average Bonchev–Trinajstić information content (AvgIpc) is 2.91. The molecule has 1 aliphatic heterocycles. The van der Waals surface area contributed by atoms with Gasteiger partial charge in [0.25, 0.3) is 0 Å².